The SMILES string of the molecule is Cl.Cl.NC1CC1c1cccnc1. The van der Waals surface area contributed by atoms with E-state index in [9.17, 15) is 0 Å². The average Bonchev–Trinajstić information content (AvgIpc) is 2.69. The van der Waals surface area contributed by atoms with Gasteiger partial charge in [0.25, 0.3) is 0 Å². The lowest BCUT2D eigenvalue weighted by atomic mass is 10.2. The van der Waals surface area contributed by atoms with Gasteiger partial charge in [0.15, 0.2) is 0 Å². The van der Waals surface area contributed by atoms with Crippen LogP contribution in [0.5, 0.6) is 0 Å². The zero-order valence-corrected chi connectivity index (χ0v) is 8.15. The molecule has 1 aromatic heterocycles. The van der Waals surface area contributed by atoms with E-state index in [0.29, 0.717) is 12.0 Å². The second-order valence-electron chi connectivity index (χ2n) is 2.79. The van der Waals surface area contributed by atoms with Crippen molar-refractivity contribution < 1.29 is 0 Å². The van der Waals surface area contributed by atoms with Crippen molar-refractivity contribution in [2.24, 2.45) is 5.73 Å². The molecule has 0 bridgehead atoms. The molecule has 0 amide bonds. The first-order valence-electron chi connectivity index (χ1n) is 3.53. The van der Waals surface area contributed by atoms with Crippen LogP contribution in [-0.2, 0) is 0 Å². The minimum Gasteiger partial charge on any atom is -0.327 e. The summed E-state index contributed by atoms with van der Waals surface area (Å²) >= 11 is 0. The molecule has 1 fully saturated rings. The maximum atomic E-state index is 5.67. The van der Waals surface area contributed by atoms with E-state index < -0.39 is 0 Å². The van der Waals surface area contributed by atoms with Gasteiger partial charge in [0.05, 0.1) is 0 Å². The van der Waals surface area contributed by atoms with E-state index in [-0.39, 0.29) is 24.8 Å². The first-order valence-corrected chi connectivity index (χ1v) is 3.53. The molecule has 2 rings (SSSR count). The van der Waals surface area contributed by atoms with Gasteiger partial charge in [0.2, 0.25) is 0 Å². The van der Waals surface area contributed by atoms with Crippen molar-refractivity contribution in [2.75, 3.05) is 0 Å². The van der Waals surface area contributed by atoms with E-state index in [1.165, 1.54) is 5.56 Å². The van der Waals surface area contributed by atoms with E-state index in [2.05, 4.69) is 11.1 Å². The maximum absolute atomic E-state index is 5.67. The van der Waals surface area contributed by atoms with Gasteiger partial charge in [-0.05, 0) is 18.1 Å². The largest absolute Gasteiger partial charge is 0.327 e. The third kappa shape index (κ3) is 2.34. The number of aromatic nitrogens is 1. The number of hydrogen-bond donors (Lipinski definition) is 1. The summed E-state index contributed by atoms with van der Waals surface area (Å²) in [4.78, 5) is 4.02. The number of halogens is 2. The molecule has 12 heavy (non-hydrogen) atoms. The Morgan fingerprint density at radius 2 is 2.08 bits per heavy atom. The van der Waals surface area contributed by atoms with Crippen molar-refractivity contribution in [3.63, 3.8) is 0 Å². The van der Waals surface area contributed by atoms with Crippen LogP contribution in [0.3, 0.4) is 0 Å². The Hall–Kier alpha value is -0.310. The fourth-order valence-corrected chi connectivity index (χ4v) is 1.19. The lowest BCUT2D eigenvalue weighted by Crippen LogP contribution is -2.00. The molecule has 0 aromatic carbocycles. The van der Waals surface area contributed by atoms with Gasteiger partial charge in [0.1, 0.15) is 0 Å². The van der Waals surface area contributed by atoms with Crippen LogP contribution in [-0.4, -0.2) is 11.0 Å². The topological polar surface area (TPSA) is 38.9 Å². The summed E-state index contributed by atoms with van der Waals surface area (Å²) in [5.74, 6) is 0.591. The summed E-state index contributed by atoms with van der Waals surface area (Å²) in [5, 5.41) is 0. The molecule has 68 valence electrons. The molecular weight excluding hydrogens is 195 g/mol. The molecule has 1 aromatic rings. The summed E-state index contributed by atoms with van der Waals surface area (Å²) in [6.07, 6.45) is 4.82. The van der Waals surface area contributed by atoms with Crippen LogP contribution in [0.1, 0.15) is 17.9 Å². The van der Waals surface area contributed by atoms with Gasteiger partial charge >= 0.3 is 0 Å². The molecule has 2 N–H and O–H groups in total. The van der Waals surface area contributed by atoms with E-state index in [1.54, 1.807) is 6.20 Å². The highest BCUT2D eigenvalue weighted by Crippen LogP contribution is 2.38. The van der Waals surface area contributed by atoms with E-state index in [1.807, 2.05) is 12.3 Å². The van der Waals surface area contributed by atoms with Crippen molar-refractivity contribution >= 4 is 24.8 Å². The maximum Gasteiger partial charge on any atom is 0.0303 e. The van der Waals surface area contributed by atoms with Gasteiger partial charge in [-0.2, -0.15) is 0 Å². The van der Waals surface area contributed by atoms with Crippen molar-refractivity contribution in [2.45, 2.75) is 18.4 Å². The Morgan fingerprint density at radius 3 is 2.50 bits per heavy atom. The highest BCUT2D eigenvalue weighted by Gasteiger charge is 2.34. The van der Waals surface area contributed by atoms with Gasteiger partial charge in [-0.15, -0.1) is 24.8 Å². The van der Waals surface area contributed by atoms with Crippen LogP contribution in [0.4, 0.5) is 0 Å². The van der Waals surface area contributed by atoms with E-state index in [0.717, 1.165) is 6.42 Å². The highest BCUT2D eigenvalue weighted by molar-refractivity contribution is 5.85. The minimum atomic E-state index is 0. The molecule has 0 saturated heterocycles. The number of pyridine rings is 1. The van der Waals surface area contributed by atoms with E-state index in [4.69, 9.17) is 5.73 Å². The Bertz CT molecular complexity index is 228. The van der Waals surface area contributed by atoms with Crippen molar-refractivity contribution in [3.8, 4) is 0 Å². The monoisotopic (exact) mass is 206 g/mol. The third-order valence-electron chi connectivity index (χ3n) is 1.95. The third-order valence-corrected chi connectivity index (χ3v) is 1.95. The summed E-state index contributed by atoms with van der Waals surface area (Å²) in [7, 11) is 0. The fraction of sp³-hybridized carbons (Fsp3) is 0.375. The number of nitrogens with two attached hydrogens (primary N) is 1. The van der Waals surface area contributed by atoms with Gasteiger partial charge in [0, 0.05) is 24.4 Å². The molecule has 0 spiro atoms. The molecule has 1 aliphatic rings. The van der Waals surface area contributed by atoms with Crippen LogP contribution in [0, 0.1) is 0 Å². The van der Waals surface area contributed by atoms with Crippen molar-refractivity contribution in [1.29, 1.82) is 0 Å². The number of hydrogen-bond acceptors (Lipinski definition) is 2. The second-order valence-corrected chi connectivity index (χ2v) is 2.79. The quantitative estimate of drug-likeness (QED) is 0.761. The molecule has 4 heteroatoms. The van der Waals surface area contributed by atoms with Gasteiger partial charge in [-0.1, -0.05) is 6.07 Å². The first kappa shape index (κ1) is 11.7. The Kier molecular flexibility index (Phi) is 4.53. The van der Waals surface area contributed by atoms with Crippen molar-refractivity contribution in [3.05, 3.63) is 30.1 Å². The lowest BCUT2D eigenvalue weighted by Gasteiger charge is -1.93. The molecule has 1 saturated carbocycles. The van der Waals surface area contributed by atoms with Crippen molar-refractivity contribution in [1.82, 2.24) is 4.98 Å². The fourth-order valence-electron chi connectivity index (χ4n) is 1.19. The number of nitrogens with zero attached hydrogens (tertiary/aromatic N) is 1. The minimum absolute atomic E-state index is 0. The lowest BCUT2D eigenvalue weighted by molar-refractivity contribution is 0.981. The standard InChI is InChI=1S/C8H10N2.2ClH/c9-8-4-7(8)6-2-1-3-10-5-6;;/h1-3,5,7-8H,4,9H2;2*1H. The normalized spacial score (nSPS) is 25.1. The average molecular weight is 207 g/mol. The zero-order chi connectivity index (χ0) is 6.97. The van der Waals surface area contributed by atoms with Crippen LogP contribution in [0.2, 0.25) is 0 Å². The predicted molar refractivity (Wildman–Crippen MR) is 54.1 cm³/mol. The van der Waals surface area contributed by atoms with E-state index >= 15 is 0 Å². The molecule has 2 atom stereocenters. The Balaban J connectivity index is 0.000000605. The van der Waals surface area contributed by atoms with Gasteiger partial charge in [-0.3, -0.25) is 4.98 Å². The smallest absolute Gasteiger partial charge is 0.0303 e. The van der Waals surface area contributed by atoms with Gasteiger partial charge in [-0.25, -0.2) is 0 Å². The van der Waals surface area contributed by atoms with Crippen LogP contribution in [0.15, 0.2) is 24.5 Å². The van der Waals surface area contributed by atoms with Crippen LogP contribution in [0.25, 0.3) is 0 Å². The Labute approximate surface area is 84.4 Å². The Morgan fingerprint density at radius 1 is 1.42 bits per heavy atom. The molecule has 1 aliphatic carbocycles. The van der Waals surface area contributed by atoms with Crippen LogP contribution < -0.4 is 5.73 Å². The second kappa shape index (κ2) is 4.65. The molecule has 2 unspecified atom stereocenters. The number of rotatable bonds is 1. The molecular formula is C8H12Cl2N2. The molecule has 0 radical (unpaired) electrons. The van der Waals surface area contributed by atoms with Gasteiger partial charge < -0.3 is 5.73 Å². The summed E-state index contributed by atoms with van der Waals surface area (Å²) < 4.78 is 0. The predicted octanol–water partition coefficient (Wildman–Crippen LogP) is 1.74. The zero-order valence-electron chi connectivity index (χ0n) is 6.51. The summed E-state index contributed by atoms with van der Waals surface area (Å²) in [6.45, 7) is 0. The highest BCUT2D eigenvalue weighted by atomic mass is 35.5. The first-order chi connectivity index (χ1) is 4.88. The summed E-state index contributed by atoms with van der Waals surface area (Å²) in [6, 6.07) is 4.44. The molecule has 2 nitrogen and oxygen atoms in total. The molecule has 0 aliphatic heterocycles. The van der Waals surface area contributed by atoms with Crippen LogP contribution >= 0.6 is 24.8 Å². The summed E-state index contributed by atoms with van der Waals surface area (Å²) in [5.41, 5.74) is 6.96. The molecule has 1 heterocycles.